The Bertz CT molecular complexity index is 469. The molecule has 1 aliphatic rings. The predicted octanol–water partition coefficient (Wildman–Crippen LogP) is 2.67. The summed E-state index contributed by atoms with van der Waals surface area (Å²) in [5, 5.41) is 2.39. The molecule has 1 aromatic heterocycles. The van der Waals surface area contributed by atoms with Gasteiger partial charge in [-0.25, -0.2) is 9.66 Å². The van der Waals surface area contributed by atoms with Crippen LogP contribution in [0.15, 0.2) is 42.7 Å². The fraction of sp³-hybridized carbons (Fsp3) is 0.357. The smallest absolute Gasteiger partial charge is 0.158 e. The van der Waals surface area contributed by atoms with E-state index in [1.54, 1.807) is 0 Å². The Morgan fingerprint density at radius 3 is 2.47 bits per heavy atom. The van der Waals surface area contributed by atoms with Gasteiger partial charge in [0.15, 0.2) is 5.82 Å². The number of aromatic nitrogens is 2. The maximum atomic E-state index is 4.48. The van der Waals surface area contributed by atoms with Gasteiger partial charge in [0.25, 0.3) is 0 Å². The van der Waals surface area contributed by atoms with Crippen LogP contribution >= 0.6 is 0 Å². The summed E-state index contributed by atoms with van der Waals surface area (Å²) in [7, 11) is 0. The molecule has 0 saturated carbocycles. The number of hydrogen-bond donors (Lipinski definition) is 0. The Morgan fingerprint density at radius 1 is 0.941 bits per heavy atom. The SMILES string of the molecule is c1ccc(-c2nccn2N2CCCCC2)cc1. The molecule has 0 atom stereocenters. The van der Waals surface area contributed by atoms with Gasteiger partial charge >= 0.3 is 0 Å². The second kappa shape index (κ2) is 4.62. The van der Waals surface area contributed by atoms with E-state index in [1.165, 1.54) is 24.8 Å². The lowest BCUT2D eigenvalue weighted by Gasteiger charge is -2.30. The van der Waals surface area contributed by atoms with E-state index in [1.807, 2.05) is 12.3 Å². The molecule has 0 aliphatic carbocycles. The molecular weight excluding hydrogens is 210 g/mol. The second-order valence-corrected chi connectivity index (χ2v) is 4.48. The number of nitrogens with zero attached hydrogens (tertiary/aromatic N) is 3. The average molecular weight is 227 g/mol. The minimum absolute atomic E-state index is 1.05. The standard InChI is InChI=1S/C14H17N3/c1-3-7-13(8-4-1)14-15-9-12-17(14)16-10-5-2-6-11-16/h1,3-4,7-9,12H,2,5-6,10-11H2. The Balaban J connectivity index is 1.93. The normalized spacial score (nSPS) is 16.1. The van der Waals surface area contributed by atoms with Gasteiger partial charge in [0.05, 0.1) is 0 Å². The molecule has 1 fully saturated rings. The summed E-state index contributed by atoms with van der Waals surface area (Å²) in [6.07, 6.45) is 7.87. The number of rotatable bonds is 2. The van der Waals surface area contributed by atoms with Gasteiger partial charge in [-0.05, 0) is 19.3 Å². The van der Waals surface area contributed by atoms with Crippen LogP contribution in [0.3, 0.4) is 0 Å². The number of hydrogen-bond acceptors (Lipinski definition) is 2. The summed E-state index contributed by atoms with van der Waals surface area (Å²) in [6, 6.07) is 10.4. The van der Waals surface area contributed by atoms with Crippen LogP contribution in [0.25, 0.3) is 11.4 Å². The monoisotopic (exact) mass is 227 g/mol. The van der Waals surface area contributed by atoms with Crippen molar-refractivity contribution in [2.45, 2.75) is 19.3 Å². The molecule has 3 nitrogen and oxygen atoms in total. The number of imidazole rings is 1. The van der Waals surface area contributed by atoms with E-state index < -0.39 is 0 Å². The highest BCUT2D eigenvalue weighted by molar-refractivity contribution is 5.55. The van der Waals surface area contributed by atoms with Gasteiger partial charge in [0.2, 0.25) is 0 Å². The second-order valence-electron chi connectivity index (χ2n) is 4.48. The molecule has 3 heteroatoms. The zero-order valence-electron chi connectivity index (χ0n) is 9.92. The lowest BCUT2D eigenvalue weighted by Crippen LogP contribution is -2.39. The van der Waals surface area contributed by atoms with E-state index in [0.29, 0.717) is 0 Å². The van der Waals surface area contributed by atoms with Crippen molar-refractivity contribution < 1.29 is 0 Å². The molecular formula is C14H17N3. The summed E-state index contributed by atoms with van der Waals surface area (Å²) in [4.78, 5) is 4.48. The van der Waals surface area contributed by atoms with Crippen molar-refractivity contribution in [3.8, 4) is 11.4 Å². The van der Waals surface area contributed by atoms with Crippen LogP contribution in [-0.4, -0.2) is 22.7 Å². The van der Waals surface area contributed by atoms with E-state index >= 15 is 0 Å². The van der Waals surface area contributed by atoms with Gasteiger partial charge in [0, 0.05) is 31.0 Å². The summed E-state index contributed by atoms with van der Waals surface area (Å²) < 4.78 is 2.20. The number of piperidine rings is 1. The van der Waals surface area contributed by atoms with Crippen molar-refractivity contribution >= 4 is 0 Å². The molecule has 0 N–H and O–H groups in total. The van der Waals surface area contributed by atoms with E-state index in [2.05, 4.69) is 45.1 Å². The fourth-order valence-corrected chi connectivity index (χ4v) is 2.41. The summed E-state index contributed by atoms with van der Waals surface area (Å²) in [6.45, 7) is 2.27. The van der Waals surface area contributed by atoms with Gasteiger partial charge in [-0.2, -0.15) is 0 Å². The van der Waals surface area contributed by atoms with Gasteiger partial charge in [0.1, 0.15) is 0 Å². The first kappa shape index (κ1) is 10.4. The highest BCUT2D eigenvalue weighted by Crippen LogP contribution is 2.18. The topological polar surface area (TPSA) is 21.1 Å². The van der Waals surface area contributed by atoms with Crippen LogP contribution in [0.5, 0.6) is 0 Å². The van der Waals surface area contributed by atoms with E-state index in [0.717, 1.165) is 18.9 Å². The van der Waals surface area contributed by atoms with Gasteiger partial charge in [-0.15, -0.1) is 0 Å². The van der Waals surface area contributed by atoms with E-state index in [-0.39, 0.29) is 0 Å². The quantitative estimate of drug-likeness (QED) is 0.786. The molecule has 17 heavy (non-hydrogen) atoms. The third-order valence-electron chi connectivity index (χ3n) is 3.29. The van der Waals surface area contributed by atoms with Crippen LogP contribution in [-0.2, 0) is 0 Å². The lowest BCUT2D eigenvalue weighted by molar-refractivity contribution is 0.481. The van der Waals surface area contributed by atoms with E-state index in [4.69, 9.17) is 0 Å². The first-order chi connectivity index (χ1) is 8.45. The molecule has 0 radical (unpaired) electrons. The Labute approximate surface area is 102 Å². The molecule has 88 valence electrons. The molecule has 2 heterocycles. The van der Waals surface area contributed by atoms with Crippen LogP contribution in [0.1, 0.15) is 19.3 Å². The average Bonchev–Trinajstić information content (AvgIpc) is 2.90. The maximum absolute atomic E-state index is 4.48. The number of benzene rings is 1. The van der Waals surface area contributed by atoms with Crippen molar-refractivity contribution in [3.05, 3.63) is 42.7 Å². The highest BCUT2D eigenvalue weighted by Gasteiger charge is 2.14. The van der Waals surface area contributed by atoms with Crippen molar-refractivity contribution in [2.75, 3.05) is 18.1 Å². The molecule has 0 unspecified atom stereocenters. The van der Waals surface area contributed by atoms with E-state index in [9.17, 15) is 0 Å². The Hall–Kier alpha value is -1.77. The van der Waals surface area contributed by atoms with Crippen LogP contribution in [0.4, 0.5) is 0 Å². The summed E-state index contributed by atoms with van der Waals surface area (Å²) >= 11 is 0. The molecule has 1 aliphatic heterocycles. The van der Waals surface area contributed by atoms with Crippen LogP contribution in [0, 0.1) is 0 Å². The van der Waals surface area contributed by atoms with Crippen molar-refractivity contribution in [2.24, 2.45) is 0 Å². The van der Waals surface area contributed by atoms with Crippen molar-refractivity contribution in [1.29, 1.82) is 0 Å². The Morgan fingerprint density at radius 2 is 1.71 bits per heavy atom. The molecule has 1 saturated heterocycles. The molecule has 0 spiro atoms. The maximum Gasteiger partial charge on any atom is 0.158 e. The van der Waals surface area contributed by atoms with Crippen LogP contribution < -0.4 is 5.01 Å². The van der Waals surface area contributed by atoms with Gasteiger partial charge in [-0.3, -0.25) is 0 Å². The first-order valence-corrected chi connectivity index (χ1v) is 6.29. The Kier molecular flexibility index (Phi) is 2.82. The zero-order chi connectivity index (χ0) is 11.5. The third-order valence-corrected chi connectivity index (χ3v) is 3.29. The van der Waals surface area contributed by atoms with Crippen LogP contribution in [0.2, 0.25) is 0 Å². The third kappa shape index (κ3) is 2.05. The largest absolute Gasteiger partial charge is 0.311 e. The highest BCUT2D eigenvalue weighted by atomic mass is 15.6. The molecule has 0 amide bonds. The molecule has 3 rings (SSSR count). The van der Waals surface area contributed by atoms with Crippen molar-refractivity contribution in [3.63, 3.8) is 0 Å². The first-order valence-electron chi connectivity index (χ1n) is 6.29. The minimum atomic E-state index is 1.05. The molecule has 0 bridgehead atoms. The van der Waals surface area contributed by atoms with Gasteiger partial charge < -0.3 is 5.01 Å². The molecule has 1 aromatic carbocycles. The predicted molar refractivity (Wildman–Crippen MR) is 69.5 cm³/mol. The van der Waals surface area contributed by atoms with Crippen molar-refractivity contribution in [1.82, 2.24) is 9.66 Å². The zero-order valence-corrected chi connectivity index (χ0v) is 9.92. The minimum Gasteiger partial charge on any atom is -0.311 e. The molecule has 2 aromatic rings. The fourth-order valence-electron chi connectivity index (χ4n) is 2.41. The lowest BCUT2D eigenvalue weighted by atomic mass is 10.2. The summed E-state index contributed by atoms with van der Waals surface area (Å²) in [5.41, 5.74) is 1.18. The summed E-state index contributed by atoms with van der Waals surface area (Å²) in [5.74, 6) is 1.05. The van der Waals surface area contributed by atoms with Gasteiger partial charge in [-0.1, -0.05) is 30.3 Å².